The number of ether oxygens (including phenoxy) is 1. The number of carbonyl (C=O) groups is 2. The Hall–Kier alpha value is -2.66. The summed E-state index contributed by atoms with van der Waals surface area (Å²) in [5.41, 5.74) is 2.56. The monoisotopic (exact) mass is 392 g/mol. The van der Waals surface area contributed by atoms with Crippen LogP contribution in [0.3, 0.4) is 0 Å². The van der Waals surface area contributed by atoms with Gasteiger partial charge in [0.25, 0.3) is 5.91 Å². The summed E-state index contributed by atoms with van der Waals surface area (Å²) >= 11 is 0. The van der Waals surface area contributed by atoms with E-state index < -0.39 is 11.6 Å². The Balaban J connectivity index is 1.43. The topological polar surface area (TPSA) is 58.6 Å². The van der Waals surface area contributed by atoms with E-state index in [-0.39, 0.29) is 5.91 Å². The summed E-state index contributed by atoms with van der Waals surface area (Å²) in [5, 5.41) is 3.00. The van der Waals surface area contributed by atoms with Crippen molar-refractivity contribution in [1.82, 2.24) is 10.2 Å². The molecule has 0 spiro atoms. The Bertz CT molecular complexity index is 905. The molecular formula is C24H28N2O3. The van der Waals surface area contributed by atoms with E-state index in [4.69, 9.17) is 4.74 Å². The number of benzene rings is 2. The molecular weight excluding hydrogens is 364 g/mol. The van der Waals surface area contributed by atoms with Gasteiger partial charge in [0.2, 0.25) is 0 Å². The molecule has 1 saturated heterocycles. The third-order valence-corrected chi connectivity index (χ3v) is 5.96. The van der Waals surface area contributed by atoms with Crippen LogP contribution in [0.1, 0.15) is 53.2 Å². The van der Waals surface area contributed by atoms with Gasteiger partial charge in [0, 0.05) is 19.5 Å². The van der Waals surface area contributed by atoms with E-state index in [9.17, 15) is 9.59 Å². The number of nitrogens with zero attached hydrogens (tertiary/aromatic N) is 1. The van der Waals surface area contributed by atoms with Gasteiger partial charge in [0.1, 0.15) is 0 Å². The highest BCUT2D eigenvalue weighted by atomic mass is 16.6. The molecule has 0 bridgehead atoms. The van der Waals surface area contributed by atoms with E-state index in [1.807, 2.05) is 30.3 Å². The maximum Gasteiger partial charge on any atom is 0.339 e. The Morgan fingerprint density at radius 1 is 1.03 bits per heavy atom. The molecule has 152 valence electrons. The average Bonchev–Trinajstić information content (AvgIpc) is 2.73. The second-order valence-corrected chi connectivity index (χ2v) is 8.24. The largest absolute Gasteiger partial charge is 0.445 e. The van der Waals surface area contributed by atoms with Crippen LogP contribution in [-0.4, -0.2) is 35.5 Å². The first-order valence-corrected chi connectivity index (χ1v) is 10.4. The summed E-state index contributed by atoms with van der Waals surface area (Å²) in [7, 11) is 0. The van der Waals surface area contributed by atoms with Gasteiger partial charge >= 0.3 is 5.97 Å². The fraction of sp³-hybridized carbons (Fsp3) is 0.417. The fourth-order valence-electron chi connectivity index (χ4n) is 4.26. The maximum absolute atomic E-state index is 13.0. The predicted octanol–water partition coefficient (Wildman–Crippen LogP) is 3.46. The standard InChI is InChI=1S/C24H28N2O3/c1-24(15-18-9-5-6-12-21(18)22(27)29-24)23(28)25-16-19-10-3-4-11-20(19)17-26-13-7-2-8-14-26/h3-6,9-12H,2,7-8,13-17H2,1H3,(H,25,28). The van der Waals surface area contributed by atoms with Crippen molar-refractivity contribution < 1.29 is 14.3 Å². The summed E-state index contributed by atoms with van der Waals surface area (Å²) in [6.45, 7) is 5.29. The molecule has 2 aromatic rings. The number of carbonyl (C=O) groups excluding carboxylic acids is 2. The molecule has 0 aliphatic carbocycles. The zero-order valence-corrected chi connectivity index (χ0v) is 16.9. The first-order chi connectivity index (χ1) is 14.0. The number of hydrogen-bond acceptors (Lipinski definition) is 4. The minimum Gasteiger partial charge on any atom is -0.445 e. The Morgan fingerprint density at radius 2 is 1.72 bits per heavy atom. The minimum atomic E-state index is -1.19. The third kappa shape index (κ3) is 4.35. The molecule has 0 aromatic heterocycles. The lowest BCUT2D eigenvalue weighted by atomic mass is 9.89. The number of fused-ring (bicyclic) bond motifs is 1. The highest BCUT2D eigenvalue weighted by Crippen LogP contribution is 2.28. The molecule has 1 N–H and O–H groups in total. The van der Waals surface area contributed by atoms with Crippen LogP contribution in [0.25, 0.3) is 0 Å². The normalized spacial score (nSPS) is 21.9. The molecule has 2 aliphatic rings. The summed E-state index contributed by atoms with van der Waals surface area (Å²) < 4.78 is 5.54. The number of piperidine rings is 1. The quantitative estimate of drug-likeness (QED) is 0.792. The molecule has 2 aliphatic heterocycles. The second kappa shape index (κ2) is 8.37. The van der Waals surface area contributed by atoms with Crippen molar-refractivity contribution in [1.29, 1.82) is 0 Å². The molecule has 2 aromatic carbocycles. The van der Waals surface area contributed by atoms with Crippen molar-refractivity contribution >= 4 is 11.9 Å². The van der Waals surface area contributed by atoms with Crippen LogP contribution >= 0.6 is 0 Å². The second-order valence-electron chi connectivity index (χ2n) is 8.24. The number of nitrogens with one attached hydrogen (secondary N) is 1. The highest BCUT2D eigenvalue weighted by molar-refractivity contribution is 5.97. The number of esters is 1. The Morgan fingerprint density at radius 3 is 2.52 bits per heavy atom. The zero-order chi connectivity index (χ0) is 20.3. The molecule has 4 rings (SSSR count). The molecule has 0 saturated carbocycles. The van der Waals surface area contributed by atoms with E-state index in [1.54, 1.807) is 13.0 Å². The lowest BCUT2D eigenvalue weighted by molar-refractivity contribution is -0.140. The van der Waals surface area contributed by atoms with Crippen LogP contribution in [-0.2, 0) is 29.0 Å². The van der Waals surface area contributed by atoms with E-state index in [0.29, 0.717) is 18.5 Å². The molecule has 1 unspecified atom stereocenters. The first kappa shape index (κ1) is 19.6. The van der Waals surface area contributed by atoms with Crippen molar-refractivity contribution in [3.63, 3.8) is 0 Å². The Labute approximate surface area is 172 Å². The number of hydrogen-bond donors (Lipinski definition) is 1. The van der Waals surface area contributed by atoms with Gasteiger partial charge in [-0.15, -0.1) is 0 Å². The smallest absolute Gasteiger partial charge is 0.339 e. The van der Waals surface area contributed by atoms with Crippen LogP contribution in [0.5, 0.6) is 0 Å². The molecule has 1 atom stereocenters. The number of rotatable bonds is 5. The van der Waals surface area contributed by atoms with Crippen molar-refractivity contribution in [2.24, 2.45) is 0 Å². The number of cyclic esters (lactones) is 1. The maximum atomic E-state index is 13.0. The van der Waals surface area contributed by atoms with E-state index in [1.165, 1.54) is 24.8 Å². The van der Waals surface area contributed by atoms with Crippen molar-refractivity contribution in [2.75, 3.05) is 13.1 Å². The lowest BCUT2D eigenvalue weighted by Crippen LogP contribution is -2.51. The van der Waals surface area contributed by atoms with Crippen LogP contribution < -0.4 is 5.32 Å². The molecule has 2 heterocycles. The number of amides is 1. The molecule has 29 heavy (non-hydrogen) atoms. The van der Waals surface area contributed by atoms with Gasteiger partial charge in [-0.1, -0.05) is 48.9 Å². The van der Waals surface area contributed by atoms with Crippen LogP contribution in [0.2, 0.25) is 0 Å². The SMILES string of the molecule is CC1(C(=O)NCc2ccccc2CN2CCCCC2)Cc2ccccc2C(=O)O1. The number of likely N-dealkylation sites (tertiary alicyclic amines) is 1. The van der Waals surface area contributed by atoms with Gasteiger partial charge in [-0.25, -0.2) is 4.79 Å². The van der Waals surface area contributed by atoms with Crippen molar-refractivity contribution in [2.45, 2.75) is 51.3 Å². The van der Waals surface area contributed by atoms with Gasteiger partial charge in [-0.2, -0.15) is 0 Å². The van der Waals surface area contributed by atoms with Crippen molar-refractivity contribution in [3.05, 3.63) is 70.8 Å². The lowest BCUT2D eigenvalue weighted by Gasteiger charge is -2.33. The van der Waals surface area contributed by atoms with Gasteiger partial charge < -0.3 is 10.1 Å². The van der Waals surface area contributed by atoms with Gasteiger partial charge in [-0.3, -0.25) is 9.69 Å². The molecule has 1 amide bonds. The summed E-state index contributed by atoms with van der Waals surface area (Å²) in [6, 6.07) is 15.6. The van der Waals surface area contributed by atoms with E-state index in [0.717, 1.165) is 30.8 Å². The van der Waals surface area contributed by atoms with Gasteiger partial charge in [-0.05, 0) is 55.6 Å². The first-order valence-electron chi connectivity index (χ1n) is 10.4. The molecule has 5 heteroatoms. The zero-order valence-electron chi connectivity index (χ0n) is 16.9. The molecule has 0 radical (unpaired) electrons. The minimum absolute atomic E-state index is 0.256. The van der Waals surface area contributed by atoms with Gasteiger partial charge in [0.05, 0.1) is 5.56 Å². The van der Waals surface area contributed by atoms with Crippen LogP contribution in [0.15, 0.2) is 48.5 Å². The average molecular weight is 392 g/mol. The Kier molecular flexibility index (Phi) is 5.67. The molecule has 5 nitrogen and oxygen atoms in total. The fourth-order valence-corrected chi connectivity index (χ4v) is 4.26. The van der Waals surface area contributed by atoms with Crippen molar-refractivity contribution in [3.8, 4) is 0 Å². The van der Waals surface area contributed by atoms with Crippen LogP contribution in [0, 0.1) is 0 Å². The van der Waals surface area contributed by atoms with E-state index in [2.05, 4.69) is 22.3 Å². The summed E-state index contributed by atoms with van der Waals surface area (Å²) in [5.74, 6) is -0.692. The highest BCUT2D eigenvalue weighted by Gasteiger charge is 2.42. The molecule has 1 fully saturated rings. The predicted molar refractivity (Wildman–Crippen MR) is 111 cm³/mol. The summed E-state index contributed by atoms with van der Waals surface area (Å²) in [4.78, 5) is 27.8. The van der Waals surface area contributed by atoms with Crippen LogP contribution in [0.4, 0.5) is 0 Å². The third-order valence-electron chi connectivity index (χ3n) is 5.96. The van der Waals surface area contributed by atoms with Gasteiger partial charge in [0.15, 0.2) is 5.60 Å². The summed E-state index contributed by atoms with van der Waals surface area (Å²) in [6.07, 6.45) is 4.21. The van der Waals surface area contributed by atoms with E-state index >= 15 is 0 Å².